The zero-order valence-corrected chi connectivity index (χ0v) is 12.0. The average molecular weight is 269 g/mol. The molecule has 0 aliphatic carbocycles. The molecule has 0 radical (unpaired) electrons. The summed E-state index contributed by atoms with van der Waals surface area (Å²) < 4.78 is 5.67. The van der Waals surface area contributed by atoms with Gasteiger partial charge in [-0.25, -0.2) is 0 Å². The second-order valence-corrected chi connectivity index (χ2v) is 6.20. The van der Waals surface area contributed by atoms with Crippen LogP contribution in [0.25, 0.3) is 0 Å². The Kier molecular flexibility index (Phi) is 5.64. The Balaban J connectivity index is 1.71. The van der Waals surface area contributed by atoms with E-state index in [0.29, 0.717) is 24.4 Å². The van der Waals surface area contributed by atoms with E-state index in [1.54, 1.807) is 0 Å². The van der Waals surface area contributed by atoms with Crippen LogP contribution >= 0.6 is 0 Å². The first-order valence-corrected chi connectivity index (χ1v) is 7.71. The Bertz CT molecular complexity index is 289. The van der Waals surface area contributed by atoms with Crippen molar-refractivity contribution in [2.24, 2.45) is 11.8 Å². The molecule has 0 spiro atoms. The summed E-state index contributed by atoms with van der Waals surface area (Å²) in [5.74, 6) is 0.182. The smallest absolute Gasteiger partial charge is 0.303 e. The molecule has 0 aromatic heterocycles. The van der Waals surface area contributed by atoms with Gasteiger partial charge in [-0.3, -0.25) is 4.79 Å². The molecule has 4 heteroatoms. The topological polar surface area (TPSA) is 49.8 Å². The van der Waals surface area contributed by atoms with E-state index in [0.717, 1.165) is 26.1 Å². The first-order valence-electron chi connectivity index (χ1n) is 7.71. The summed E-state index contributed by atoms with van der Waals surface area (Å²) >= 11 is 0. The predicted octanol–water partition coefficient (Wildman–Crippen LogP) is 2.38. The second-order valence-electron chi connectivity index (χ2n) is 6.20. The lowest BCUT2D eigenvalue weighted by Gasteiger charge is -2.35. The summed E-state index contributed by atoms with van der Waals surface area (Å²) in [6, 6.07) is 0. The third-order valence-corrected chi connectivity index (χ3v) is 4.63. The third kappa shape index (κ3) is 4.77. The highest BCUT2D eigenvalue weighted by molar-refractivity contribution is 5.66. The Morgan fingerprint density at radius 3 is 2.95 bits per heavy atom. The quantitative estimate of drug-likeness (QED) is 0.804. The molecule has 0 bridgehead atoms. The van der Waals surface area contributed by atoms with Crippen LogP contribution in [0.2, 0.25) is 0 Å². The van der Waals surface area contributed by atoms with Crippen molar-refractivity contribution in [2.45, 2.75) is 51.6 Å². The van der Waals surface area contributed by atoms with Crippen molar-refractivity contribution < 1.29 is 14.6 Å². The van der Waals surface area contributed by atoms with Crippen molar-refractivity contribution in [3.05, 3.63) is 0 Å². The van der Waals surface area contributed by atoms with Crippen LogP contribution in [0.1, 0.15) is 45.4 Å². The van der Waals surface area contributed by atoms with Crippen LogP contribution in [-0.2, 0) is 9.53 Å². The van der Waals surface area contributed by atoms with Crippen LogP contribution in [0.15, 0.2) is 0 Å². The van der Waals surface area contributed by atoms with Crippen LogP contribution in [-0.4, -0.2) is 48.3 Å². The largest absolute Gasteiger partial charge is 0.481 e. The molecule has 0 aromatic rings. The van der Waals surface area contributed by atoms with Crippen molar-refractivity contribution in [2.75, 3.05) is 26.2 Å². The molecule has 1 N–H and O–H groups in total. The molecule has 2 fully saturated rings. The molecule has 2 aliphatic rings. The number of aliphatic carboxylic acids is 1. The molecule has 4 nitrogen and oxygen atoms in total. The maximum atomic E-state index is 10.8. The molecule has 19 heavy (non-hydrogen) atoms. The maximum absolute atomic E-state index is 10.8. The van der Waals surface area contributed by atoms with Crippen molar-refractivity contribution in [3.8, 4) is 0 Å². The number of carboxylic acids is 1. The first kappa shape index (κ1) is 14.8. The van der Waals surface area contributed by atoms with Gasteiger partial charge in [0.1, 0.15) is 0 Å². The predicted molar refractivity (Wildman–Crippen MR) is 74.2 cm³/mol. The number of carbonyl (C=O) groups is 1. The fraction of sp³-hybridized carbons (Fsp3) is 0.933. The first-order chi connectivity index (χ1) is 9.15. The normalized spacial score (nSPS) is 30.4. The van der Waals surface area contributed by atoms with E-state index in [1.807, 2.05) is 0 Å². The molecule has 3 atom stereocenters. The van der Waals surface area contributed by atoms with E-state index < -0.39 is 5.97 Å². The SMILES string of the molecule is CC(CC(=O)O)C1CCCN(CCC2CCCO2)C1. The Morgan fingerprint density at radius 1 is 1.42 bits per heavy atom. The van der Waals surface area contributed by atoms with Crippen LogP contribution in [0.4, 0.5) is 0 Å². The number of carboxylic acid groups (broad SMARTS) is 1. The van der Waals surface area contributed by atoms with Gasteiger partial charge in [-0.1, -0.05) is 6.92 Å². The lowest BCUT2D eigenvalue weighted by Crippen LogP contribution is -2.39. The van der Waals surface area contributed by atoms with Crippen LogP contribution in [0, 0.1) is 11.8 Å². The summed E-state index contributed by atoms with van der Waals surface area (Å²) in [4.78, 5) is 13.3. The van der Waals surface area contributed by atoms with E-state index in [1.165, 1.54) is 32.2 Å². The highest BCUT2D eigenvalue weighted by Gasteiger charge is 2.26. The van der Waals surface area contributed by atoms with Crippen molar-refractivity contribution in [3.63, 3.8) is 0 Å². The van der Waals surface area contributed by atoms with Gasteiger partial charge in [-0.05, 0) is 50.5 Å². The van der Waals surface area contributed by atoms with Crippen LogP contribution < -0.4 is 0 Å². The molecule has 2 heterocycles. The molecule has 0 aromatic carbocycles. The molecule has 2 saturated heterocycles. The van der Waals surface area contributed by atoms with Gasteiger partial charge in [0.05, 0.1) is 6.10 Å². The lowest BCUT2D eigenvalue weighted by atomic mass is 9.84. The van der Waals surface area contributed by atoms with Crippen molar-refractivity contribution in [1.82, 2.24) is 4.90 Å². The van der Waals surface area contributed by atoms with E-state index in [-0.39, 0.29) is 0 Å². The van der Waals surface area contributed by atoms with Gasteiger partial charge in [-0.2, -0.15) is 0 Å². The second kappa shape index (κ2) is 7.25. The van der Waals surface area contributed by atoms with Gasteiger partial charge in [0.15, 0.2) is 0 Å². The van der Waals surface area contributed by atoms with E-state index in [4.69, 9.17) is 9.84 Å². The minimum atomic E-state index is -0.663. The summed E-state index contributed by atoms with van der Waals surface area (Å²) in [6.07, 6.45) is 6.74. The van der Waals surface area contributed by atoms with E-state index in [9.17, 15) is 4.79 Å². The number of rotatable bonds is 6. The molecular weight excluding hydrogens is 242 g/mol. The monoisotopic (exact) mass is 269 g/mol. The zero-order valence-electron chi connectivity index (χ0n) is 12.0. The van der Waals surface area contributed by atoms with Gasteiger partial charge in [0.25, 0.3) is 0 Å². The summed E-state index contributed by atoms with van der Waals surface area (Å²) in [6.45, 7) is 6.37. The summed E-state index contributed by atoms with van der Waals surface area (Å²) in [5, 5.41) is 8.90. The lowest BCUT2D eigenvalue weighted by molar-refractivity contribution is -0.138. The Morgan fingerprint density at radius 2 is 2.26 bits per heavy atom. The zero-order chi connectivity index (χ0) is 13.7. The molecule has 0 amide bonds. The van der Waals surface area contributed by atoms with Gasteiger partial charge in [0, 0.05) is 26.1 Å². The van der Waals surface area contributed by atoms with Gasteiger partial charge in [-0.15, -0.1) is 0 Å². The van der Waals surface area contributed by atoms with Gasteiger partial charge >= 0.3 is 5.97 Å². The van der Waals surface area contributed by atoms with Crippen LogP contribution in [0.3, 0.4) is 0 Å². The van der Waals surface area contributed by atoms with Crippen molar-refractivity contribution >= 4 is 5.97 Å². The average Bonchev–Trinajstić information content (AvgIpc) is 2.89. The summed E-state index contributed by atoms with van der Waals surface area (Å²) in [5.41, 5.74) is 0. The van der Waals surface area contributed by atoms with Crippen molar-refractivity contribution in [1.29, 1.82) is 0 Å². The highest BCUT2D eigenvalue weighted by Crippen LogP contribution is 2.26. The van der Waals surface area contributed by atoms with E-state index in [2.05, 4.69) is 11.8 Å². The molecular formula is C15H27NO3. The molecule has 2 rings (SSSR count). The standard InChI is InChI=1S/C15H27NO3/c1-12(10-15(17)18)13-4-2-7-16(11-13)8-6-14-5-3-9-19-14/h12-14H,2-11H2,1H3,(H,17,18). The number of nitrogens with zero attached hydrogens (tertiary/aromatic N) is 1. The highest BCUT2D eigenvalue weighted by atomic mass is 16.5. The number of hydrogen-bond acceptors (Lipinski definition) is 3. The fourth-order valence-corrected chi connectivity index (χ4v) is 3.40. The van der Waals surface area contributed by atoms with E-state index >= 15 is 0 Å². The number of likely N-dealkylation sites (tertiary alicyclic amines) is 1. The molecule has 0 saturated carbocycles. The molecule has 110 valence electrons. The Labute approximate surface area is 116 Å². The molecule has 3 unspecified atom stereocenters. The third-order valence-electron chi connectivity index (χ3n) is 4.63. The fourth-order valence-electron chi connectivity index (χ4n) is 3.40. The minimum absolute atomic E-state index is 0.294. The number of hydrogen-bond donors (Lipinski definition) is 1. The van der Waals surface area contributed by atoms with Gasteiger partial charge in [0.2, 0.25) is 0 Å². The number of piperidine rings is 1. The summed E-state index contributed by atoms with van der Waals surface area (Å²) in [7, 11) is 0. The molecule has 2 aliphatic heterocycles. The minimum Gasteiger partial charge on any atom is -0.481 e. The number of ether oxygens (including phenoxy) is 1. The van der Waals surface area contributed by atoms with Gasteiger partial charge < -0.3 is 14.7 Å². The van der Waals surface area contributed by atoms with Crippen LogP contribution in [0.5, 0.6) is 0 Å². The maximum Gasteiger partial charge on any atom is 0.303 e. The Hall–Kier alpha value is -0.610.